The van der Waals surface area contributed by atoms with Crippen LogP contribution in [-0.2, 0) is 4.79 Å². The Bertz CT molecular complexity index is 670. The smallest absolute Gasteiger partial charge is 0.255 e. The lowest BCUT2D eigenvalue weighted by atomic mass is 9.91. The summed E-state index contributed by atoms with van der Waals surface area (Å²) in [6.07, 6.45) is 7.62. The van der Waals surface area contributed by atoms with Gasteiger partial charge in [0, 0.05) is 44.0 Å². The highest BCUT2D eigenvalue weighted by Crippen LogP contribution is 2.23. The maximum absolute atomic E-state index is 12.7. The molecular formula is C22H34N4O2. The summed E-state index contributed by atoms with van der Waals surface area (Å²) >= 11 is 0. The molecule has 0 aliphatic carbocycles. The Hall–Kier alpha value is -1.95. The number of carbonyl (C=O) groups excluding carboxylic acids is 2. The van der Waals surface area contributed by atoms with Gasteiger partial charge in [-0.1, -0.05) is 6.92 Å². The molecule has 1 N–H and O–H groups in total. The number of rotatable bonds is 7. The van der Waals surface area contributed by atoms with Crippen molar-refractivity contribution >= 4 is 11.8 Å². The predicted octanol–water partition coefficient (Wildman–Crippen LogP) is 2.62. The van der Waals surface area contributed by atoms with E-state index < -0.39 is 0 Å². The number of pyridine rings is 1. The van der Waals surface area contributed by atoms with Crippen molar-refractivity contribution in [2.75, 3.05) is 32.7 Å². The van der Waals surface area contributed by atoms with E-state index in [0.717, 1.165) is 57.7 Å². The zero-order valence-electron chi connectivity index (χ0n) is 17.3. The van der Waals surface area contributed by atoms with Gasteiger partial charge < -0.3 is 10.2 Å². The van der Waals surface area contributed by atoms with Gasteiger partial charge in [-0.3, -0.25) is 19.5 Å². The summed E-state index contributed by atoms with van der Waals surface area (Å²) in [6, 6.07) is 4.18. The molecule has 154 valence electrons. The molecule has 0 spiro atoms. The molecule has 1 aromatic rings. The molecule has 2 fully saturated rings. The quantitative estimate of drug-likeness (QED) is 0.782. The fourth-order valence-corrected chi connectivity index (χ4v) is 4.50. The minimum Gasteiger partial charge on any atom is -0.355 e. The first-order valence-corrected chi connectivity index (χ1v) is 10.8. The fraction of sp³-hybridized carbons (Fsp3) is 0.682. The maximum Gasteiger partial charge on any atom is 0.255 e. The third kappa shape index (κ3) is 5.31. The van der Waals surface area contributed by atoms with Crippen LogP contribution in [0.15, 0.2) is 18.3 Å². The number of nitrogens with zero attached hydrogens (tertiary/aromatic N) is 3. The van der Waals surface area contributed by atoms with Crippen molar-refractivity contribution in [1.82, 2.24) is 20.1 Å². The van der Waals surface area contributed by atoms with Gasteiger partial charge in [0.05, 0.1) is 5.56 Å². The molecule has 0 aromatic carbocycles. The van der Waals surface area contributed by atoms with Gasteiger partial charge in [0.1, 0.15) is 0 Å². The molecule has 0 bridgehead atoms. The van der Waals surface area contributed by atoms with Gasteiger partial charge >= 0.3 is 0 Å². The van der Waals surface area contributed by atoms with Gasteiger partial charge in [-0.15, -0.1) is 0 Å². The highest BCUT2D eigenvalue weighted by atomic mass is 16.2. The number of likely N-dealkylation sites (tertiary alicyclic amines) is 2. The topological polar surface area (TPSA) is 65.5 Å². The summed E-state index contributed by atoms with van der Waals surface area (Å²) in [4.78, 5) is 33.5. The van der Waals surface area contributed by atoms with Gasteiger partial charge in [0.15, 0.2) is 0 Å². The minimum absolute atomic E-state index is 0.0823. The van der Waals surface area contributed by atoms with Gasteiger partial charge in [0.2, 0.25) is 5.91 Å². The van der Waals surface area contributed by atoms with E-state index in [4.69, 9.17) is 0 Å². The molecule has 28 heavy (non-hydrogen) atoms. The SMILES string of the molecule is CCN1CCCC1CNC(=O)CCC1CCN(C(=O)c2cccnc2C)CC1. The second-order valence-electron chi connectivity index (χ2n) is 8.14. The van der Waals surface area contributed by atoms with E-state index in [2.05, 4.69) is 22.1 Å². The van der Waals surface area contributed by atoms with Crippen LogP contribution in [0.3, 0.4) is 0 Å². The first-order chi connectivity index (χ1) is 13.6. The van der Waals surface area contributed by atoms with Crippen molar-refractivity contribution in [3.05, 3.63) is 29.6 Å². The van der Waals surface area contributed by atoms with Crippen molar-refractivity contribution in [1.29, 1.82) is 0 Å². The number of aryl methyl sites for hydroxylation is 1. The van der Waals surface area contributed by atoms with Crippen LogP contribution in [0.2, 0.25) is 0 Å². The zero-order valence-corrected chi connectivity index (χ0v) is 17.3. The molecule has 0 saturated carbocycles. The lowest BCUT2D eigenvalue weighted by Gasteiger charge is -2.32. The number of piperidine rings is 1. The van der Waals surface area contributed by atoms with E-state index >= 15 is 0 Å². The number of aromatic nitrogens is 1. The molecule has 0 radical (unpaired) electrons. The Morgan fingerprint density at radius 3 is 2.71 bits per heavy atom. The number of carbonyl (C=O) groups is 2. The van der Waals surface area contributed by atoms with Gasteiger partial charge in [0.25, 0.3) is 5.91 Å². The van der Waals surface area contributed by atoms with Crippen molar-refractivity contribution < 1.29 is 9.59 Å². The number of amides is 2. The molecule has 3 heterocycles. The molecule has 1 unspecified atom stereocenters. The Balaban J connectivity index is 1.36. The highest BCUT2D eigenvalue weighted by Gasteiger charge is 2.26. The van der Waals surface area contributed by atoms with Crippen molar-refractivity contribution in [3.63, 3.8) is 0 Å². The largest absolute Gasteiger partial charge is 0.355 e. The van der Waals surface area contributed by atoms with E-state index in [1.807, 2.05) is 24.0 Å². The molecule has 3 rings (SSSR count). The summed E-state index contributed by atoms with van der Waals surface area (Å²) in [5, 5.41) is 3.13. The molecule has 2 saturated heterocycles. The second kappa shape index (κ2) is 10.0. The number of hydrogen-bond donors (Lipinski definition) is 1. The molecule has 1 aromatic heterocycles. The Morgan fingerprint density at radius 2 is 2.00 bits per heavy atom. The first kappa shape index (κ1) is 20.8. The predicted molar refractivity (Wildman–Crippen MR) is 110 cm³/mol. The number of nitrogens with one attached hydrogen (secondary N) is 1. The van der Waals surface area contributed by atoms with Gasteiger partial charge in [-0.25, -0.2) is 0 Å². The average molecular weight is 387 g/mol. The van der Waals surface area contributed by atoms with E-state index in [1.165, 1.54) is 12.8 Å². The third-order valence-corrected chi connectivity index (χ3v) is 6.36. The van der Waals surface area contributed by atoms with E-state index in [1.54, 1.807) is 6.20 Å². The summed E-state index contributed by atoms with van der Waals surface area (Å²) in [5.41, 5.74) is 1.49. The second-order valence-corrected chi connectivity index (χ2v) is 8.14. The van der Waals surface area contributed by atoms with E-state index in [-0.39, 0.29) is 11.8 Å². The Labute approximate surface area is 168 Å². The fourth-order valence-electron chi connectivity index (χ4n) is 4.50. The standard InChI is InChI=1S/C22H34N4O2/c1-3-25-13-5-6-19(25)16-24-21(27)9-8-18-10-14-26(15-11-18)22(28)20-7-4-12-23-17(20)2/h4,7,12,18-19H,3,5-6,8-11,13-16H2,1-2H3,(H,24,27). The molecule has 1 atom stereocenters. The van der Waals surface area contributed by atoms with Crippen LogP contribution in [0.25, 0.3) is 0 Å². The van der Waals surface area contributed by atoms with E-state index in [0.29, 0.717) is 23.9 Å². The molecule has 2 amide bonds. The molecule has 6 heteroatoms. The van der Waals surface area contributed by atoms with Crippen LogP contribution >= 0.6 is 0 Å². The number of hydrogen-bond acceptors (Lipinski definition) is 4. The average Bonchev–Trinajstić information content (AvgIpc) is 3.18. The lowest BCUT2D eigenvalue weighted by Crippen LogP contribution is -2.40. The monoisotopic (exact) mass is 386 g/mol. The lowest BCUT2D eigenvalue weighted by molar-refractivity contribution is -0.121. The molecule has 2 aliphatic rings. The summed E-state index contributed by atoms with van der Waals surface area (Å²) < 4.78 is 0. The van der Waals surface area contributed by atoms with Crippen LogP contribution in [0.5, 0.6) is 0 Å². The van der Waals surface area contributed by atoms with Gasteiger partial charge in [-0.05, 0) is 70.2 Å². The zero-order chi connectivity index (χ0) is 19.9. The van der Waals surface area contributed by atoms with Crippen LogP contribution in [-0.4, -0.2) is 65.4 Å². The minimum atomic E-state index is 0.0823. The summed E-state index contributed by atoms with van der Waals surface area (Å²) in [6.45, 7) is 8.62. The summed E-state index contributed by atoms with van der Waals surface area (Å²) in [7, 11) is 0. The Kier molecular flexibility index (Phi) is 7.43. The number of likely N-dealkylation sites (N-methyl/N-ethyl adjacent to an activating group) is 1. The normalized spacial score (nSPS) is 21.1. The van der Waals surface area contributed by atoms with Gasteiger partial charge in [-0.2, -0.15) is 0 Å². The van der Waals surface area contributed by atoms with Crippen molar-refractivity contribution in [2.24, 2.45) is 5.92 Å². The summed E-state index contributed by atoms with van der Waals surface area (Å²) in [5.74, 6) is 0.787. The first-order valence-electron chi connectivity index (χ1n) is 10.8. The van der Waals surface area contributed by atoms with E-state index in [9.17, 15) is 9.59 Å². The Morgan fingerprint density at radius 1 is 1.21 bits per heavy atom. The maximum atomic E-state index is 12.7. The van der Waals surface area contributed by atoms with Crippen LogP contribution in [0.1, 0.15) is 61.5 Å². The molecule has 2 aliphatic heterocycles. The van der Waals surface area contributed by atoms with Crippen LogP contribution in [0.4, 0.5) is 0 Å². The third-order valence-electron chi connectivity index (χ3n) is 6.36. The van der Waals surface area contributed by atoms with Crippen molar-refractivity contribution in [3.8, 4) is 0 Å². The highest BCUT2D eigenvalue weighted by molar-refractivity contribution is 5.95. The molecule has 6 nitrogen and oxygen atoms in total. The van der Waals surface area contributed by atoms with Crippen molar-refractivity contribution in [2.45, 2.75) is 58.4 Å². The van der Waals surface area contributed by atoms with Crippen LogP contribution < -0.4 is 5.32 Å². The molecular weight excluding hydrogens is 352 g/mol. The van der Waals surface area contributed by atoms with Crippen LogP contribution in [0, 0.1) is 12.8 Å².